The highest BCUT2D eigenvalue weighted by molar-refractivity contribution is 5.88. The van der Waals surface area contributed by atoms with Crippen LogP contribution >= 0.6 is 0 Å². The average molecular weight is 363 g/mol. The van der Waals surface area contributed by atoms with Crippen LogP contribution in [0.2, 0.25) is 0 Å². The Morgan fingerprint density at radius 3 is 2.30 bits per heavy atom. The second kappa shape index (κ2) is 9.28. The number of nitrogens with one attached hydrogen (secondary N) is 2. The van der Waals surface area contributed by atoms with Gasteiger partial charge in [-0.3, -0.25) is 9.59 Å². The fourth-order valence-corrected chi connectivity index (χ4v) is 3.48. The normalized spacial score (nSPS) is 17.7. The molecule has 2 N–H and O–H groups in total. The molecule has 1 unspecified atom stereocenters. The molecule has 0 saturated heterocycles. The topological polar surface area (TPSA) is 50.6 Å². The minimum Gasteiger partial charge on any atom is -0.341 e. The highest BCUT2D eigenvalue weighted by atomic mass is 16.2. The second-order valence-corrected chi connectivity index (χ2v) is 7.15. The van der Waals surface area contributed by atoms with E-state index in [0.717, 1.165) is 25.1 Å². The molecule has 27 heavy (non-hydrogen) atoms. The number of hydrogen-bond donors (Lipinski definition) is 2. The van der Waals surface area contributed by atoms with Gasteiger partial charge in [0.2, 0.25) is 0 Å². The van der Waals surface area contributed by atoms with Gasteiger partial charge >= 0.3 is 0 Å². The monoisotopic (exact) mass is 363 g/mol. The lowest BCUT2D eigenvalue weighted by Gasteiger charge is -2.24. The Morgan fingerprint density at radius 2 is 1.70 bits per heavy atom. The zero-order valence-electron chi connectivity index (χ0n) is 15.8. The molecule has 0 fully saturated rings. The Bertz CT molecular complexity index is 800. The summed E-state index contributed by atoms with van der Waals surface area (Å²) in [6.07, 6.45) is 3.73. The van der Waals surface area contributed by atoms with Crippen LogP contribution in [0.3, 0.4) is 0 Å². The molecule has 2 aromatic carbocycles. The number of quaternary nitrogens is 1. The lowest BCUT2D eigenvalue weighted by molar-refractivity contribution is -0.886. The molecule has 0 saturated carbocycles. The third-order valence-electron chi connectivity index (χ3n) is 5.05. The van der Waals surface area contributed by atoms with Crippen LogP contribution in [-0.4, -0.2) is 37.4 Å². The standard InChI is InChI=1S/C23H26N2O2/c1-18(26)22(16-19-8-4-2-5-9-19)24-23(27)17-25-14-12-21(13-15-25)20-10-6-3-7-11-20/h2-12,22H,13-17H2,1H3,(H,24,27)/p+1/t22-/m1/s1. The fraction of sp³-hybridized carbons (Fsp3) is 0.304. The minimum atomic E-state index is -0.459. The first kappa shape index (κ1) is 19.1. The van der Waals surface area contributed by atoms with Gasteiger partial charge in [-0.15, -0.1) is 0 Å². The van der Waals surface area contributed by atoms with Gasteiger partial charge in [0, 0.05) is 6.42 Å². The predicted octanol–water partition coefficient (Wildman–Crippen LogP) is 1.68. The van der Waals surface area contributed by atoms with E-state index in [4.69, 9.17) is 0 Å². The first-order valence-electron chi connectivity index (χ1n) is 9.53. The Labute approximate surface area is 160 Å². The van der Waals surface area contributed by atoms with Gasteiger partial charge in [0.1, 0.15) is 0 Å². The van der Waals surface area contributed by atoms with Crippen LogP contribution in [0.25, 0.3) is 5.57 Å². The first-order chi connectivity index (χ1) is 13.1. The van der Waals surface area contributed by atoms with Crippen LogP contribution in [0.5, 0.6) is 0 Å². The lowest BCUT2D eigenvalue weighted by atomic mass is 9.99. The molecule has 4 nitrogen and oxygen atoms in total. The van der Waals surface area contributed by atoms with Crippen molar-refractivity contribution in [3.63, 3.8) is 0 Å². The Morgan fingerprint density at radius 1 is 1.04 bits per heavy atom. The van der Waals surface area contributed by atoms with E-state index in [1.165, 1.54) is 23.0 Å². The van der Waals surface area contributed by atoms with Crippen LogP contribution in [0.15, 0.2) is 66.7 Å². The summed E-state index contributed by atoms with van der Waals surface area (Å²) in [5.74, 6) is -0.0650. The molecule has 3 rings (SSSR count). The first-order valence-corrected chi connectivity index (χ1v) is 9.53. The fourth-order valence-electron chi connectivity index (χ4n) is 3.48. The smallest absolute Gasteiger partial charge is 0.275 e. The van der Waals surface area contributed by atoms with Crippen LogP contribution in [0, 0.1) is 0 Å². The molecule has 140 valence electrons. The molecule has 4 heteroatoms. The van der Waals surface area contributed by atoms with Crippen molar-refractivity contribution < 1.29 is 14.5 Å². The van der Waals surface area contributed by atoms with Gasteiger partial charge in [0.15, 0.2) is 12.3 Å². The summed E-state index contributed by atoms with van der Waals surface area (Å²) >= 11 is 0. The van der Waals surface area contributed by atoms with Crippen molar-refractivity contribution in [3.05, 3.63) is 77.9 Å². The Kier molecular flexibility index (Phi) is 6.55. The molecule has 1 amide bonds. The summed E-state index contributed by atoms with van der Waals surface area (Å²) in [4.78, 5) is 25.6. The van der Waals surface area contributed by atoms with E-state index in [9.17, 15) is 9.59 Å². The van der Waals surface area contributed by atoms with Crippen molar-refractivity contribution in [2.75, 3.05) is 19.6 Å². The molecular formula is C23H27N2O2+. The maximum atomic E-state index is 12.5. The van der Waals surface area contributed by atoms with E-state index >= 15 is 0 Å². The van der Waals surface area contributed by atoms with Crippen molar-refractivity contribution >= 4 is 17.3 Å². The molecule has 0 aromatic heterocycles. The van der Waals surface area contributed by atoms with Crippen molar-refractivity contribution in [3.8, 4) is 0 Å². The van der Waals surface area contributed by atoms with Gasteiger partial charge in [-0.1, -0.05) is 60.7 Å². The average Bonchev–Trinajstić information content (AvgIpc) is 2.69. The maximum absolute atomic E-state index is 12.5. The van der Waals surface area contributed by atoms with Crippen LogP contribution < -0.4 is 10.2 Å². The predicted molar refractivity (Wildman–Crippen MR) is 107 cm³/mol. The number of ketones is 1. The largest absolute Gasteiger partial charge is 0.341 e. The van der Waals surface area contributed by atoms with Gasteiger partial charge in [-0.2, -0.15) is 0 Å². The van der Waals surface area contributed by atoms with Crippen LogP contribution in [-0.2, 0) is 16.0 Å². The van der Waals surface area contributed by atoms with E-state index < -0.39 is 6.04 Å². The van der Waals surface area contributed by atoms with Gasteiger partial charge in [0.05, 0.1) is 19.1 Å². The maximum Gasteiger partial charge on any atom is 0.275 e. The summed E-state index contributed by atoms with van der Waals surface area (Å²) in [6.45, 7) is 3.70. The summed E-state index contributed by atoms with van der Waals surface area (Å²) in [5, 5.41) is 2.93. The summed E-state index contributed by atoms with van der Waals surface area (Å²) in [7, 11) is 0. The zero-order chi connectivity index (χ0) is 19.1. The Balaban J connectivity index is 1.52. The number of benzene rings is 2. The van der Waals surface area contributed by atoms with Crippen LogP contribution in [0.1, 0.15) is 24.5 Å². The number of carbonyl (C=O) groups is 2. The SMILES string of the molecule is CC(=O)[C@@H](Cc1ccccc1)NC(=O)C[NH+]1CC=C(c2ccccc2)CC1. The number of Topliss-reactive ketones (excluding diaryl/α,β-unsaturated/α-hetero) is 1. The van der Waals surface area contributed by atoms with Gasteiger partial charge in [-0.25, -0.2) is 0 Å². The molecule has 0 aliphatic carbocycles. The quantitative estimate of drug-likeness (QED) is 0.786. The van der Waals surface area contributed by atoms with Gasteiger partial charge < -0.3 is 10.2 Å². The van der Waals surface area contributed by atoms with Crippen molar-refractivity contribution in [1.29, 1.82) is 0 Å². The van der Waals surface area contributed by atoms with E-state index in [1.54, 1.807) is 0 Å². The van der Waals surface area contributed by atoms with Gasteiger partial charge in [-0.05, 0) is 36.1 Å². The summed E-state index contributed by atoms with van der Waals surface area (Å²) in [5.41, 5.74) is 3.67. The number of amides is 1. The zero-order valence-corrected chi connectivity index (χ0v) is 15.8. The molecule has 0 spiro atoms. The van der Waals surface area contributed by atoms with E-state index in [0.29, 0.717) is 13.0 Å². The van der Waals surface area contributed by atoms with Crippen molar-refractivity contribution in [1.82, 2.24) is 5.32 Å². The number of rotatable bonds is 7. The molecule has 2 aromatic rings. The molecule has 2 atom stereocenters. The second-order valence-electron chi connectivity index (χ2n) is 7.15. The summed E-state index contributed by atoms with van der Waals surface area (Å²) < 4.78 is 0. The van der Waals surface area contributed by atoms with E-state index in [1.807, 2.05) is 36.4 Å². The number of carbonyl (C=O) groups excluding carboxylic acids is 2. The van der Waals surface area contributed by atoms with E-state index in [-0.39, 0.29) is 11.7 Å². The molecule has 1 aliphatic rings. The molecule has 0 radical (unpaired) electrons. The molecular weight excluding hydrogens is 336 g/mol. The molecule has 0 bridgehead atoms. The van der Waals surface area contributed by atoms with Crippen molar-refractivity contribution in [2.45, 2.75) is 25.8 Å². The molecule has 1 aliphatic heterocycles. The lowest BCUT2D eigenvalue weighted by Crippen LogP contribution is -3.13. The molecule has 1 heterocycles. The third-order valence-corrected chi connectivity index (χ3v) is 5.05. The van der Waals surface area contributed by atoms with Gasteiger partial charge in [0.25, 0.3) is 5.91 Å². The number of hydrogen-bond acceptors (Lipinski definition) is 2. The highest BCUT2D eigenvalue weighted by Gasteiger charge is 2.22. The van der Waals surface area contributed by atoms with Crippen LogP contribution in [0.4, 0.5) is 0 Å². The minimum absolute atomic E-state index is 0.00731. The summed E-state index contributed by atoms with van der Waals surface area (Å²) in [6, 6.07) is 19.7. The third kappa shape index (κ3) is 5.63. The van der Waals surface area contributed by atoms with E-state index in [2.05, 4.69) is 35.7 Å². The Hall–Kier alpha value is -2.72. The van der Waals surface area contributed by atoms with Crippen molar-refractivity contribution in [2.24, 2.45) is 0 Å². The highest BCUT2D eigenvalue weighted by Crippen LogP contribution is 2.17.